The van der Waals surface area contributed by atoms with Crippen molar-refractivity contribution >= 4 is 5.95 Å². The summed E-state index contributed by atoms with van der Waals surface area (Å²) in [6, 6.07) is 0. The molecule has 0 fully saturated rings. The Bertz CT molecular complexity index is 343. The van der Waals surface area contributed by atoms with Crippen LogP contribution >= 0.6 is 0 Å². The van der Waals surface area contributed by atoms with Crippen molar-refractivity contribution in [2.45, 2.75) is 18.8 Å². The number of aromatic nitrogens is 2. The first-order chi connectivity index (χ1) is 7.06. The van der Waals surface area contributed by atoms with Crippen LogP contribution in [0.25, 0.3) is 0 Å². The average molecular weight is 218 g/mol. The Morgan fingerprint density at radius 1 is 1.60 bits per heavy atom. The quantitative estimate of drug-likeness (QED) is 0.511. The van der Waals surface area contributed by atoms with E-state index in [4.69, 9.17) is 5.11 Å². The van der Waals surface area contributed by atoms with Crippen molar-refractivity contribution in [2.24, 2.45) is 0 Å². The fraction of sp³-hybridized carbons (Fsp3) is 0.571. The molecule has 1 heterocycles. The highest BCUT2D eigenvalue weighted by Crippen LogP contribution is 2.09. The van der Waals surface area contributed by atoms with Gasteiger partial charge in [-0.1, -0.05) is 4.98 Å². The lowest BCUT2D eigenvalue weighted by Crippen LogP contribution is -2.32. The van der Waals surface area contributed by atoms with Gasteiger partial charge in [0.05, 0.1) is 0 Å². The molecule has 8 heteroatoms. The molecular weight excluding hydrogens is 208 g/mol. The molecule has 2 unspecified atom stereocenters. The van der Waals surface area contributed by atoms with Gasteiger partial charge in [0.2, 0.25) is 0 Å². The second-order valence-electron chi connectivity index (χ2n) is 2.93. The molecule has 15 heavy (non-hydrogen) atoms. The van der Waals surface area contributed by atoms with E-state index in [0.717, 1.165) is 4.57 Å². The van der Waals surface area contributed by atoms with Gasteiger partial charge in [-0.05, 0) is 4.92 Å². The molecule has 0 aliphatic heterocycles. The van der Waals surface area contributed by atoms with Crippen molar-refractivity contribution in [1.82, 2.24) is 9.55 Å². The first-order valence-corrected chi connectivity index (χ1v) is 4.14. The van der Waals surface area contributed by atoms with Crippen LogP contribution in [0.3, 0.4) is 0 Å². The maximum atomic E-state index is 12.0. The number of rotatable bonds is 5. The van der Waals surface area contributed by atoms with Crippen LogP contribution in [-0.4, -0.2) is 43.6 Å². The van der Waals surface area contributed by atoms with E-state index in [1.807, 2.05) is 0 Å². The van der Waals surface area contributed by atoms with Crippen LogP contribution in [0.2, 0.25) is 0 Å². The van der Waals surface area contributed by atoms with Crippen LogP contribution in [0.5, 0.6) is 0 Å². The molecule has 0 saturated heterocycles. The lowest BCUT2D eigenvalue weighted by atomic mass is 10.2. The van der Waals surface area contributed by atoms with Crippen LogP contribution < -0.4 is 0 Å². The topological polar surface area (TPSA) is 101 Å². The van der Waals surface area contributed by atoms with Gasteiger partial charge in [0, 0.05) is 0 Å². The van der Waals surface area contributed by atoms with Gasteiger partial charge in [-0.15, -0.1) is 0 Å². The normalized spacial score (nSPS) is 14.9. The molecule has 0 aliphatic carbocycles. The Morgan fingerprint density at radius 2 is 2.27 bits per heavy atom. The first kappa shape index (κ1) is 11.5. The molecule has 0 bridgehead atoms. The molecular formula is C7H10FN3O4. The summed E-state index contributed by atoms with van der Waals surface area (Å²) in [6.45, 7) is -1.38. The van der Waals surface area contributed by atoms with E-state index in [1.165, 1.54) is 12.4 Å². The van der Waals surface area contributed by atoms with Gasteiger partial charge < -0.3 is 20.3 Å². The summed E-state index contributed by atoms with van der Waals surface area (Å²) in [5, 5.41) is 28.6. The summed E-state index contributed by atoms with van der Waals surface area (Å²) < 4.78 is 13.0. The molecule has 2 atom stereocenters. The molecule has 7 nitrogen and oxygen atoms in total. The van der Waals surface area contributed by atoms with Crippen LogP contribution in [0, 0.1) is 10.1 Å². The number of aliphatic hydroxyl groups excluding tert-OH is 2. The van der Waals surface area contributed by atoms with Gasteiger partial charge in [-0.3, -0.25) is 0 Å². The first-order valence-electron chi connectivity index (χ1n) is 4.14. The highest BCUT2D eigenvalue weighted by Gasteiger charge is 2.22. The maximum Gasteiger partial charge on any atom is 0.434 e. The van der Waals surface area contributed by atoms with Gasteiger partial charge in [0.25, 0.3) is 0 Å². The smallest absolute Gasteiger partial charge is 0.390 e. The predicted octanol–water partition coefficient (Wildman–Crippen LogP) is -0.517. The number of hydrogen-bond donors (Lipinski definition) is 2. The maximum absolute atomic E-state index is 12.0. The minimum atomic E-state index is -1.55. The summed E-state index contributed by atoms with van der Waals surface area (Å²) >= 11 is 0. The van der Waals surface area contributed by atoms with Crippen molar-refractivity contribution in [1.29, 1.82) is 0 Å². The van der Waals surface area contributed by atoms with Gasteiger partial charge in [0.15, 0.2) is 0 Å². The molecule has 84 valence electrons. The summed E-state index contributed by atoms with van der Waals surface area (Å²) in [4.78, 5) is 13.1. The Kier molecular flexibility index (Phi) is 3.69. The average Bonchev–Trinajstić information content (AvgIpc) is 2.64. The Labute approximate surface area is 83.9 Å². The van der Waals surface area contributed by atoms with E-state index < -0.39 is 29.8 Å². The number of imidazole rings is 1. The van der Waals surface area contributed by atoms with Crippen LogP contribution in [-0.2, 0) is 6.54 Å². The monoisotopic (exact) mass is 218 g/mol. The fourth-order valence-corrected chi connectivity index (χ4v) is 1.04. The standard InChI is InChI=1S/C7H10FN3O4/c8-3-5(12)6(13)4-10-2-1-9-7(10)11(14)15/h1-2,5-6,12-13H,3-4H2/i8-1. The molecule has 1 aromatic heterocycles. The van der Waals surface area contributed by atoms with Crippen molar-refractivity contribution < 1.29 is 19.5 Å². The van der Waals surface area contributed by atoms with E-state index in [0.29, 0.717) is 0 Å². The molecule has 0 radical (unpaired) electrons. The highest BCUT2D eigenvalue weighted by molar-refractivity contribution is 5.06. The summed E-state index contributed by atoms with van der Waals surface area (Å²) in [6.07, 6.45) is -0.492. The van der Waals surface area contributed by atoms with Gasteiger partial charge in [-0.2, -0.15) is 0 Å². The van der Waals surface area contributed by atoms with Gasteiger partial charge in [-0.25, -0.2) is 8.96 Å². The lowest BCUT2D eigenvalue weighted by molar-refractivity contribution is -0.397. The summed E-state index contributed by atoms with van der Waals surface area (Å²) in [5.41, 5.74) is 0. The minimum Gasteiger partial charge on any atom is -0.390 e. The number of aliphatic hydroxyl groups is 2. The van der Waals surface area contributed by atoms with E-state index in [-0.39, 0.29) is 6.54 Å². The number of nitro groups is 1. The SMILES string of the molecule is O=[N+]([O-])c1nccn1CC(O)C(O)C[18F]. The number of nitrogens with zero attached hydrogens (tertiary/aromatic N) is 3. The Morgan fingerprint density at radius 3 is 2.80 bits per heavy atom. The third-order valence-electron chi connectivity index (χ3n) is 1.84. The zero-order valence-corrected chi connectivity index (χ0v) is 7.65. The predicted molar refractivity (Wildman–Crippen MR) is 46.9 cm³/mol. The molecule has 0 aliphatic rings. The van der Waals surface area contributed by atoms with Crippen molar-refractivity contribution in [2.75, 3.05) is 6.67 Å². The number of hydrogen-bond acceptors (Lipinski definition) is 5. The molecule has 1 aromatic rings. The third-order valence-corrected chi connectivity index (χ3v) is 1.84. The minimum absolute atomic E-state index is 0.276. The molecule has 2 N–H and O–H groups in total. The molecule has 0 aromatic carbocycles. The van der Waals surface area contributed by atoms with Gasteiger partial charge in [0.1, 0.15) is 37.8 Å². The molecule has 0 saturated carbocycles. The third kappa shape index (κ3) is 2.70. The van der Waals surface area contributed by atoms with Crippen LogP contribution in [0.1, 0.15) is 0 Å². The number of halogens is 1. The largest absolute Gasteiger partial charge is 0.434 e. The van der Waals surface area contributed by atoms with Crippen LogP contribution in [0.15, 0.2) is 12.4 Å². The molecule has 0 amide bonds. The zero-order chi connectivity index (χ0) is 11.4. The summed E-state index contributed by atoms with van der Waals surface area (Å²) in [5.74, 6) is -0.458. The van der Waals surface area contributed by atoms with Crippen molar-refractivity contribution in [3.05, 3.63) is 22.5 Å². The highest BCUT2D eigenvalue weighted by atomic mass is 18.2. The van der Waals surface area contributed by atoms with E-state index >= 15 is 0 Å². The van der Waals surface area contributed by atoms with E-state index in [9.17, 15) is 19.6 Å². The van der Waals surface area contributed by atoms with Crippen LogP contribution in [0.4, 0.5) is 10.3 Å². The molecule has 1 rings (SSSR count). The summed E-state index contributed by atoms with van der Waals surface area (Å²) in [7, 11) is 0. The van der Waals surface area contributed by atoms with E-state index in [1.54, 1.807) is 0 Å². The molecule has 0 spiro atoms. The van der Waals surface area contributed by atoms with Crippen molar-refractivity contribution in [3.63, 3.8) is 0 Å². The van der Waals surface area contributed by atoms with Gasteiger partial charge >= 0.3 is 5.95 Å². The second-order valence-corrected chi connectivity index (χ2v) is 2.93. The number of alkyl halides is 1. The Hall–Kier alpha value is -1.54. The second kappa shape index (κ2) is 4.80. The lowest BCUT2D eigenvalue weighted by Gasteiger charge is -2.13. The fourth-order valence-electron chi connectivity index (χ4n) is 1.04. The zero-order valence-electron chi connectivity index (χ0n) is 7.65. The van der Waals surface area contributed by atoms with Crippen molar-refractivity contribution in [3.8, 4) is 0 Å². The Balaban J connectivity index is 2.72. The van der Waals surface area contributed by atoms with E-state index in [2.05, 4.69) is 4.98 Å².